The SMILES string of the molecule is CCOc1cc(Cl)c(/C=N\NC(=O)c2ccc(Cl)cc2)cc1OC. The minimum Gasteiger partial charge on any atom is -0.493 e. The lowest BCUT2D eigenvalue weighted by molar-refractivity contribution is 0.0955. The third kappa shape index (κ3) is 4.63. The van der Waals surface area contributed by atoms with E-state index in [1.54, 1.807) is 36.4 Å². The van der Waals surface area contributed by atoms with Crippen LogP contribution in [0.4, 0.5) is 0 Å². The Hall–Kier alpha value is -2.24. The summed E-state index contributed by atoms with van der Waals surface area (Å²) in [6.07, 6.45) is 1.44. The monoisotopic (exact) mass is 366 g/mol. The van der Waals surface area contributed by atoms with E-state index in [0.717, 1.165) is 0 Å². The summed E-state index contributed by atoms with van der Waals surface area (Å²) in [6.45, 7) is 2.37. The normalized spacial score (nSPS) is 10.7. The molecule has 0 saturated heterocycles. The van der Waals surface area contributed by atoms with Gasteiger partial charge in [0.25, 0.3) is 5.91 Å². The third-order valence-electron chi connectivity index (χ3n) is 3.06. The van der Waals surface area contributed by atoms with Crippen LogP contribution in [-0.2, 0) is 0 Å². The topological polar surface area (TPSA) is 59.9 Å². The van der Waals surface area contributed by atoms with Gasteiger partial charge in [0.1, 0.15) is 0 Å². The third-order valence-corrected chi connectivity index (χ3v) is 3.64. The Morgan fingerprint density at radius 2 is 1.92 bits per heavy atom. The molecule has 7 heteroatoms. The lowest BCUT2D eigenvalue weighted by Crippen LogP contribution is -2.17. The minimum atomic E-state index is -0.350. The molecule has 0 radical (unpaired) electrons. The van der Waals surface area contributed by atoms with E-state index in [-0.39, 0.29) is 5.91 Å². The van der Waals surface area contributed by atoms with Gasteiger partial charge in [0, 0.05) is 22.2 Å². The number of benzene rings is 2. The summed E-state index contributed by atoms with van der Waals surface area (Å²) in [5.74, 6) is 0.732. The van der Waals surface area contributed by atoms with Crippen molar-refractivity contribution in [2.75, 3.05) is 13.7 Å². The molecule has 0 fully saturated rings. The number of hydrogen-bond acceptors (Lipinski definition) is 4. The fourth-order valence-electron chi connectivity index (χ4n) is 1.90. The van der Waals surface area contributed by atoms with Crippen LogP contribution in [0.1, 0.15) is 22.8 Å². The summed E-state index contributed by atoms with van der Waals surface area (Å²) in [7, 11) is 1.54. The zero-order valence-electron chi connectivity index (χ0n) is 13.2. The summed E-state index contributed by atoms with van der Waals surface area (Å²) in [5, 5.41) is 4.91. The maximum absolute atomic E-state index is 11.9. The number of hydrogen-bond donors (Lipinski definition) is 1. The van der Waals surface area contributed by atoms with Crippen LogP contribution >= 0.6 is 23.2 Å². The van der Waals surface area contributed by atoms with E-state index in [4.69, 9.17) is 32.7 Å². The van der Waals surface area contributed by atoms with Crippen LogP contribution in [0, 0.1) is 0 Å². The number of rotatable bonds is 6. The number of carbonyl (C=O) groups is 1. The summed E-state index contributed by atoms with van der Waals surface area (Å²) in [4.78, 5) is 11.9. The van der Waals surface area contributed by atoms with Gasteiger partial charge in [0.05, 0.1) is 25.0 Å². The van der Waals surface area contributed by atoms with Crippen molar-refractivity contribution in [3.05, 3.63) is 57.6 Å². The molecule has 0 heterocycles. The Bertz CT molecular complexity index is 746. The highest BCUT2D eigenvalue weighted by atomic mass is 35.5. The quantitative estimate of drug-likeness (QED) is 0.616. The largest absolute Gasteiger partial charge is 0.493 e. The molecule has 2 rings (SSSR count). The highest BCUT2D eigenvalue weighted by molar-refractivity contribution is 6.33. The van der Waals surface area contributed by atoms with Crippen molar-refractivity contribution in [3.63, 3.8) is 0 Å². The van der Waals surface area contributed by atoms with E-state index in [1.165, 1.54) is 13.3 Å². The van der Waals surface area contributed by atoms with Gasteiger partial charge in [-0.3, -0.25) is 4.79 Å². The Morgan fingerprint density at radius 1 is 1.21 bits per heavy atom. The summed E-state index contributed by atoms with van der Waals surface area (Å²) < 4.78 is 10.7. The van der Waals surface area contributed by atoms with Crippen LogP contribution in [0.15, 0.2) is 41.5 Å². The number of hydrazone groups is 1. The smallest absolute Gasteiger partial charge is 0.271 e. The predicted molar refractivity (Wildman–Crippen MR) is 95.7 cm³/mol. The molecule has 0 spiro atoms. The van der Waals surface area contributed by atoms with Gasteiger partial charge in [0.15, 0.2) is 11.5 Å². The number of amides is 1. The molecule has 1 N–H and O–H groups in total. The molecule has 0 bridgehead atoms. The van der Waals surface area contributed by atoms with Gasteiger partial charge in [-0.05, 0) is 37.3 Å². The summed E-state index contributed by atoms with van der Waals surface area (Å²) in [5.41, 5.74) is 3.47. The number of ether oxygens (including phenoxy) is 2. The average Bonchev–Trinajstić information content (AvgIpc) is 2.57. The Kier molecular flexibility index (Phi) is 6.46. The van der Waals surface area contributed by atoms with Gasteiger partial charge in [0.2, 0.25) is 0 Å². The van der Waals surface area contributed by atoms with Crippen molar-refractivity contribution in [2.24, 2.45) is 5.10 Å². The van der Waals surface area contributed by atoms with Crippen molar-refractivity contribution >= 4 is 35.3 Å². The number of carbonyl (C=O) groups excluding carboxylic acids is 1. The molecular formula is C17H16Cl2N2O3. The zero-order valence-corrected chi connectivity index (χ0v) is 14.7. The number of halogens is 2. The van der Waals surface area contributed by atoms with Crippen molar-refractivity contribution in [1.82, 2.24) is 5.43 Å². The average molecular weight is 367 g/mol. The van der Waals surface area contributed by atoms with Gasteiger partial charge in [-0.1, -0.05) is 23.2 Å². The second kappa shape index (κ2) is 8.57. The van der Waals surface area contributed by atoms with Crippen molar-refractivity contribution in [2.45, 2.75) is 6.92 Å². The standard InChI is InChI=1S/C17H16Cl2N2O3/c1-3-24-16-9-14(19)12(8-15(16)23-2)10-20-21-17(22)11-4-6-13(18)7-5-11/h4-10H,3H2,1-2H3,(H,21,22)/b20-10-. The van der Waals surface area contributed by atoms with Crippen molar-refractivity contribution in [3.8, 4) is 11.5 Å². The first-order valence-corrected chi connectivity index (χ1v) is 7.90. The molecule has 24 heavy (non-hydrogen) atoms. The molecular weight excluding hydrogens is 351 g/mol. The van der Waals surface area contributed by atoms with Gasteiger partial charge < -0.3 is 9.47 Å². The van der Waals surface area contributed by atoms with E-state index in [9.17, 15) is 4.79 Å². The first kappa shape index (κ1) is 18.1. The molecule has 5 nitrogen and oxygen atoms in total. The summed E-state index contributed by atoms with van der Waals surface area (Å²) >= 11 is 12.0. The molecule has 0 atom stereocenters. The molecule has 0 aliphatic carbocycles. The fraction of sp³-hybridized carbons (Fsp3) is 0.176. The molecule has 2 aromatic rings. The van der Waals surface area contributed by atoms with Crippen molar-refractivity contribution < 1.29 is 14.3 Å². The Morgan fingerprint density at radius 3 is 2.54 bits per heavy atom. The second-order valence-corrected chi connectivity index (χ2v) is 5.51. The van der Waals surface area contributed by atoms with E-state index in [0.29, 0.717) is 39.3 Å². The van der Waals surface area contributed by atoms with Crippen LogP contribution in [0.5, 0.6) is 11.5 Å². The number of nitrogens with one attached hydrogen (secondary N) is 1. The Balaban J connectivity index is 2.11. The van der Waals surface area contributed by atoms with Gasteiger partial charge in [-0.25, -0.2) is 5.43 Å². The molecule has 0 aromatic heterocycles. The van der Waals surface area contributed by atoms with E-state index in [1.807, 2.05) is 6.92 Å². The van der Waals surface area contributed by atoms with Crippen LogP contribution in [0.3, 0.4) is 0 Å². The predicted octanol–water partition coefficient (Wildman–Crippen LogP) is 4.16. The highest BCUT2D eigenvalue weighted by Gasteiger charge is 2.09. The van der Waals surface area contributed by atoms with Crippen molar-refractivity contribution in [1.29, 1.82) is 0 Å². The second-order valence-electron chi connectivity index (χ2n) is 4.66. The molecule has 0 saturated carbocycles. The van der Waals surface area contributed by atoms with Crippen LogP contribution in [-0.4, -0.2) is 25.8 Å². The molecule has 126 valence electrons. The summed E-state index contributed by atoms with van der Waals surface area (Å²) in [6, 6.07) is 9.82. The lowest BCUT2D eigenvalue weighted by atomic mass is 10.2. The van der Waals surface area contributed by atoms with Gasteiger partial charge in [-0.2, -0.15) is 5.10 Å². The van der Waals surface area contributed by atoms with E-state index < -0.39 is 0 Å². The van der Waals surface area contributed by atoms with Crippen LogP contribution in [0.2, 0.25) is 10.0 Å². The van der Waals surface area contributed by atoms with Crippen LogP contribution < -0.4 is 14.9 Å². The van der Waals surface area contributed by atoms with Gasteiger partial charge >= 0.3 is 0 Å². The Labute approximate surface area is 150 Å². The maximum atomic E-state index is 11.9. The molecule has 0 aliphatic rings. The molecule has 0 aliphatic heterocycles. The zero-order chi connectivity index (χ0) is 17.5. The molecule has 1 amide bonds. The number of methoxy groups -OCH3 is 1. The molecule has 0 unspecified atom stereocenters. The first-order valence-electron chi connectivity index (χ1n) is 7.14. The maximum Gasteiger partial charge on any atom is 0.271 e. The minimum absolute atomic E-state index is 0.350. The van der Waals surface area contributed by atoms with E-state index >= 15 is 0 Å². The highest BCUT2D eigenvalue weighted by Crippen LogP contribution is 2.32. The fourth-order valence-corrected chi connectivity index (χ4v) is 2.23. The lowest BCUT2D eigenvalue weighted by Gasteiger charge is -2.11. The van der Waals surface area contributed by atoms with Gasteiger partial charge in [-0.15, -0.1) is 0 Å². The van der Waals surface area contributed by atoms with Crippen LogP contribution in [0.25, 0.3) is 0 Å². The number of nitrogens with zero attached hydrogens (tertiary/aromatic N) is 1. The first-order chi connectivity index (χ1) is 11.5. The van der Waals surface area contributed by atoms with E-state index in [2.05, 4.69) is 10.5 Å². The molecule has 2 aromatic carbocycles.